The largest absolute Gasteiger partial charge is 0.427 e. The minimum atomic E-state index is -0.959. The standard InChI is InChI=1S/C23H36B2O4/c1-15-12-16-10-11-18(24-28-22(6,7)20(2,3)26)13-17(16)14-19(15)25-29-23(8,9)21(4,5)27/h10-11,13-15,26-27H,12H2,1-9H3. The van der Waals surface area contributed by atoms with Gasteiger partial charge in [0, 0.05) is 0 Å². The van der Waals surface area contributed by atoms with Crippen LogP contribution in [0.2, 0.25) is 0 Å². The normalized spacial score (nSPS) is 18.2. The van der Waals surface area contributed by atoms with Crippen LogP contribution in [0, 0.1) is 5.92 Å². The van der Waals surface area contributed by atoms with Crippen molar-refractivity contribution < 1.29 is 19.5 Å². The van der Waals surface area contributed by atoms with Crippen LogP contribution in [0.4, 0.5) is 0 Å². The van der Waals surface area contributed by atoms with Crippen molar-refractivity contribution in [1.29, 1.82) is 0 Å². The molecule has 2 N–H and O–H groups in total. The van der Waals surface area contributed by atoms with Gasteiger partial charge >= 0.3 is 15.0 Å². The SMILES string of the molecule is CC1Cc2ccc([B]OC(C)(C)C(C)(C)O)cc2C=C1[B]OC(C)(C)C(C)(C)O. The summed E-state index contributed by atoms with van der Waals surface area (Å²) in [4.78, 5) is 0. The third kappa shape index (κ3) is 5.75. The van der Waals surface area contributed by atoms with Crippen molar-refractivity contribution in [1.82, 2.24) is 0 Å². The molecular formula is C23H36B2O4. The van der Waals surface area contributed by atoms with E-state index in [1.807, 2.05) is 33.8 Å². The lowest BCUT2D eigenvalue weighted by molar-refractivity contribution is -0.0898. The van der Waals surface area contributed by atoms with Gasteiger partial charge in [0.2, 0.25) is 0 Å². The average molecular weight is 398 g/mol. The molecule has 0 bridgehead atoms. The van der Waals surface area contributed by atoms with Crippen LogP contribution in [-0.4, -0.2) is 47.6 Å². The van der Waals surface area contributed by atoms with Crippen LogP contribution < -0.4 is 5.46 Å². The highest BCUT2D eigenvalue weighted by Crippen LogP contribution is 2.31. The molecule has 1 aliphatic rings. The Morgan fingerprint density at radius 2 is 1.38 bits per heavy atom. The van der Waals surface area contributed by atoms with Crippen LogP contribution >= 0.6 is 0 Å². The molecule has 6 heteroatoms. The minimum Gasteiger partial charge on any atom is -0.427 e. The Hall–Kier alpha value is -1.07. The smallest absolute Gasteiger partial charge is 0.330 e. The molecule has 0 fully saturated rings. The highest BCUT2D eigenvalue weighted by atomic mass is 16.5. The molecule has 2 rings (SSSR count). The van der Waals surface area contributed by atoms with E-state index in [4.69, 9.17) is 9.31 Å². The zero-order chi connectivity index (χ0) is 22.3. The summed E-state index contributed by atoms with van der Waals surface area (Å²) in [7, 11) is 3.50. The van der Waals surface area contributed by atoms with Gasteiger partial charge in [-0.3, -0.25) is 0 Å². The summed E-state index contributed by atoms with van der Waals surface area (Å²) in [5.74, 6) is 0.334. The Kier molecular flexibility index (Phi) is 6.86. The first kappa shape index (κ1) is 24.2. The summed E-state index contributed by atoms with van der Waals surface area (Å²) >= 11 is 0. The van der Waals surface area contributed by atoms with Crippen molar-refractivity contribution in [2.75, 3.05) is 0 Å². The highest BCUT2D eigenvalue weighted by Gasteiger charge is 2.37. The number of rotatable bonds is 8. The second-order valence-electron chi connectivity index (χ2n) is 10.3. The lowest BCUT2D eigenvalue weighted by atomic mass is 9.69. The topological polar surface area (TPSA) is 58.9 Å². The summed E-state index contributed by atoms with van der Waals surface area (Å²) in [5.41, 5.74) is 1.16. The van der Waals surface area contributed by atoms with Crippen LogP contribution in [0.3, 0.4) is 0 Å². The van der Waals surface area contributed by atoms with Crippen molar-refractivity contribution in [3.05, 3.63) is 34.8 Å². The highest BCUT2D eigenvalue weighted by molar-refractivity contribution is 6.47. The molecule has 1 aliphatic carbocycles. The van der Waals surface area contributed by atoms with E-state index in [2.05, 4.69) is 25.1 Å². The molecule has 1 aromatic carbocycles. The molecule has 29 heavy (non-hydrogen) atoms. The van der Waals surface area contributed by atoms with Crippen LogP contribution in [0.15, 0.2) is 23.7 Å². The Bertz CT molecular complexity index is 755. The molecule has 1 unspecified atom stereocenters. The molecule has 0 aromatic heterocycles. The second kappa shape index (κ2) is 8.22. The van der Waals surface area contributed by atoms with Gasteiger partial charge in [0.1, 0.15) is 0 Å². The van der Waals surface area contributed by atoms with Gasteiger partial charge in [-0.2, -0.15) is 0 Å². The Balaban J connectivity index is 2.15. The monoisotopic (exact) mass is 398 g/mol. The van der Waals surface area contributed by atoms with E-state index >= 15 is 0 Å². The fraction of sp³-hybridized carbons (Fsp3) is 0.652. The van der Waals surface area contributed by atoms with Crippen LogP contribution in [0.5, 0.6) is 0 Å². The predicted molar refractivity (Wildman–Crippen MR) is 121 cm³/mol. The predicted octanol–water partition coefficient (Wildman–Crippen LogP) is 3.22. The Morgan fingerprint density at radius 1 is 0.862 bits per heavy atom. The minimum absolute atomic E-state index is 0.334. The number of benzene rings is 1. The van der Waals surface area contributed by atoms with E-state index in [1.54, 1.807) is 42.7 Å². The molecule has 1 atom stereocenters. The molecular weight excluding hydrogens is 362 g/mol. The maximum atomic E-state index is 10.3. The molecule has 0 spiro atoms. The molecule has 0 heterocycles. The first-order valence-electron chi connectivity index (χ1n) is 10.3. The van der Waals surface area contributed by atoms with E-state index in [-0.39, 0.29) is 0 Å². The van der Waals surface area contributed by atoms with Gasteiger partial charge in [0.25, 0.3) is 0 Å². The van der Waals surface area contributed by atoms with Crippen molar-refractivity contribution in [2.24, 2.45) is 5.92 Å². The molecule has 158 valence electrons. The van der Waals surface area contributed by atoms with Crippen molar-refractivity contribution in [3.8, 4) is 0 Å². The fourth-order valence-corrected chi connectivity index (χ4v) is 2.65. The number of aliphatic hydroxyl groups is 2. The molecule has 0 saturated carbocycles. The molecule has 0 aliphatic heterocycles. The summed E-state index contributed by atoms with van der Waals surface area (Å²) < 4.78 is 11.9. The third-order valence-corrected chi connectivity index (χ3v) is 6.51. The third-order valence-electron chi connectivity index (χ3n) is 6.51. The van der Waals surface area contributed by atoms with E-state index < -0.39 is 22.4 Å². The zero-order valence-electron chi connectivity index (χ0n) is 19.5. The van der Waals surface area contributed by atoms with Gasteiger partial charge in [-0.15, -0.1) is 0 Å². The maximum Gasteiger partial charge on any atom is 0.330 e. The van der Waals surface area contributed by atoms with Crippen LogP contribution in [0.25, 0.3) is 6.08 Å². The Labute approximate surface area is 178 Å². The lowest BCUT2D eigenvalue weighted by Crippen LogP contribution is -2.49. The van der Waals surface area contributed by atoms with E-state index in [1.165, 1.54) is 5.56 Å². The van der Waals surface area contributed by atoms with Gasteiger partial charge in [-0.05, 0) is 78.9 Å². The van der Waals surface area contributed by atoms with Gasteiger partial charge in [-0.1, -0.05) is 42.1 Å². The fourth-order valence-electron chi connectivity index (χ4n) is 2.65. The molecule has 2 radical (unpaired) electrons. The quantitative estimate of drug-likeness (QED) is 0.661. The summed E-state index contributed by atoms with van der Waals surface area (Å²) in [6, 6.07) is 6.27. The maximum absolute atomic E-state index is 10.3. The van der Waals surface area contributed by atoms with Crippen LogP contribution in [0.1, 0.15) is 73.4 Å². The van der Waals surface area contributed by atoms with Crippen LogP contribution in [-0.2, 0) is 15.7 Å². The van der Waals surface area contributed by atoms with E-state index in [0.29, 0.717) is 5.92 Å². The second-order valence-corrected chi connectivity index (χ2v) is 10.3. The lowest BCUT2D eigenvalue weighted by Gasteiger charge is -2.38. The van der Waals surface area contributed by atoms with Crippen molar-refractivity contribution in [3.63, 3.8) is 0 Å². The summed E-state index contributed by atoms with van der Waals surface area (Å²) in [6.45, 7) is 16.7. The summed E-state index contributed by atoms with van der Waals surface area (Å²) in [5, 5.41) is 20.6. The van der Waals surface area contributed by atoms with Gasteiger partial charge in [-0.25, -0.2) is 0 Å². The first-order chi connectivity index (χ1) is 13.0. The number of hydrogen-bond acceptors (Lipinski definition) is 4. The van der Waals surface area contributed by atoms with Gasteiger partial charge in [0.05, 0.1) is 22.4 Å². The molecule has 0 saturated heterocycles. The van der Waals surface area contributed by atoms with Gasteiger partial charge in [0.15, 0.2) is 0 Å². The van der Waals surface area contributed by atoms with E-state index in [0.717, 1.165) is 22.9 Å². The molecule has 1 aromatic rings. The first-order valence-corrected chi connectivity index (χ1v) is 10.3. The van der Waals surface area contributed by atoms with Gasteiger partial charge < -0.3 is 19.5 Å². The molecule has 0 amide bonds. The zero-order valence-corrected chi connectivity index (χ0v) is 19.5. The summed E-state index contributed by atoms with van der Waals surface area (Å²) in [6.07, 6.45) is 3.07. The number of allylic oxidation sites excluding steroid dienone is 1. The Morgan fingerprint density at radius 3 is 1.90 bits per heavy atom. The van der Waals surface area contributed by atoms with Crippen molar-refractivity contribution >= 4 is 26.5 Å². The molecule has 4 nitrogen and oxygen atoms in total. The van der Waals surface area contributed by atoms with E-state index in [9.17, 15) is 10.2 Å². The number of fused-ring (bicyclic) bond motifs is 1. The number of hydrogen-bond donors (Lipinski definition) is 2. The average Bonchev–Trinajstić information content (AvgIpc) is 2.56. The van der Waals surface area contributed by atoms with Crippen molar-refractivity contribution in [2.45, 2.75) is 91.1 Å².